The van der Waals surface area contributed by atoms with Crippen molar-refractivity contribution in [2.75, 3.05) is 30.4 Å². The highest BCUT2D eigenvalue weighted by atomic mass is 16.5. The number of morpholine rings is 1. The number of nitrogens with one attached hydrogen (secondary N) is 1. The zero-order valence-electron chi connectivity index (χ0n) is 11.0. The maximum Gasteiger partial charge on any atom is 0.131 e. The molecule has 1 atom stereocenters. The van der Waals surface area contributed by atoms with Gasteiger partial charge in [0.25, 0.3) is 0 Å². The van der Waals surface area contributed by atoms with E-state index in [1.807, 2.05) is 19.2 Å². The number of ether oxygens (including phenoxy) is 1. The molecule has 1 fully saturated rings. The Balaban J connectivity index is 2.20. The summed E-state index contributed by atoms with van der Waals surface area (Å²) in [6, 6.07) is 6.05. The predicted molar refractivity (Wildman–Crippen MR) is 70.6 cm³/mol. The van der Waals surface area contributed by atoms with Gasteiger partial charge in [0.2, 0.25) is 0 Å². The Labute approximate surface area is 103 Å². The van der Waals surface area contributed by atoms with Gasteiger partial charge in [-0.05, 0) is 32.9 Å². The van der Waals surface area contributed by atoms with Gasteiger partial charge in [0.1, 0.15) is 11.6 Å². The maximum atomic E-state index is 5.90. The second kappa shape index (κ2) is 4.53. The number of nitrogens with zero attached hydrogens (tertiary/aromatic N) is 2. The molecule has 1 aromatic rings. The highest BCUT2D eigenvalue weighted by Gasteiger charge is 2.31. The largest absolute Gasteiger partial charge is 0.373 e. The Morgan fingerprint density at radius 2 is 2.24 bits per heavy atom. The van der Waals surface area contributed by atoms with Crippen molar-refractivity contribution in [1.29, 1.82) is 0 Å². The number of anilines is 2. The van der Waals surface area contributed by atoms with Crippen molar-refractivity contribution >= 4 is 11.6 Å². The van der Waals surface area contributed by atoms with Crippen LogP contribution in [0, 0.1) is 0 Å². The molecule has 0 amide bonds. The van der Waals surface area contributed by atoms with Crippen molar-refractivity contribution < 1.29 is 4.74 Å². The third kappa shape index (κ3) is 2.88. The lowest BCUT2D eigenvalue weighted by Crippen LogP contribution is -2.52. The quantitative estimate of drug-likeness (QED) is 0.852. The molecule has 1 aliphatic heterocycles. The van der Waals surface area contributed by atoms with Crippen LogP contribution in [0.2, 0.25) is 0 Å². The normalized spacial score (nSPS) is 23.5. The van der Waals surface area contributed by atoms with Crippen LogP contribution < -0.4 is 10.2 Å². The minimum atomic E-state index is -0.116. The molecule has 94 valence electrons. The summed E-state index contributed by atoms with van der Waals surface area (Å²) in [6.07, 6.45) is 0.235. The van der Waals surface area contributed by atoms with E-state index in [2.05, 4.69) is 42.0 Å². The van der Waals surface area contributed by atoms with Crippen LogP contribution >= 0.6 is 0 Å². The van der Waals surface area contributed by atoms with Gasteiger partial charge < -0.3 is 15.0 Å². The van der Waals surface area contributed by atoms with E-state index in [0.29, 0.717) is 0 Å². The summed E-state index contributed by atoms with van der Waals surface area (Å²) in [4.78, 5) is 6.86. The molecular weight excluding hydrogens is 214 g/mol. The van der Waals surface area contributed by atoms with Crippen LogP contribution in [0.1, 0.15) is 20.8 Å². The summed E-state index contributed by atoms with van der Waals surface area (Å²) in [7, 11) is 1.89. The molecule has 1 N–H and O–H groups in total. The summed E-state index contributed by atoms with van der Waals surface area (Å²) in [5.74, 6) is 1.92. The number of hydrogen-bond acceptors (Lipinski definition) is 4. The van der Waals surface area contributed by atoms with Gasteiger partial charge in [-0.15, -0.1) is 0 Å². The Morgan fingerprint density at radius 1 is 1.47 bits per heavy atom. The van der Waals surface area contributed by atoms with Crippen LogP contribution in [0.3, 0.4) is 0 Å². The van der Waals surface area contributed by atoms with Crippen molar-refractivity contribution in [3.63, 3.8) is 0 Å². The fourth-order valence-electron chi connectivity index (χ4n) is 2.37. The summed E-state index contributed by atoms with van der Waals surface area (Å²) in [5.41, 5.74) is -0.116. The molecule has 1 aliphatic rings. The molecule has 2 heterocycles. The molecular formula is C13H21N3O. The fraction of sp³-hybridized carbons (Fsp3) is 0.615. The van der Waals surface area contributed by atoms with Crippen molar-refractivity contribution in [3.8, 4) is 0 Å². The lowest BCUT2D eigenvalue weighted by atomic mass is 10.1. The fourth-order valence-corrected chi connectivity index (χ4v) is 2.37. The van der Waals surface area contributed by atoms with Gasteiger partial charge in [0, 0.05) is 20.1 Å². The highest BCUT2D eigenvalue weighted by Crippen LogP contribution is 2.25. The summed E-state index contributed by atoms with van der Waals surface area (Å²) in [5, 5.41) is 3.07. The minimum absolute atomic E-state index is 0.116. The first-order valence-corrected chi connectivity index (χ1v) is 6.08. The van der Waals surface area contributed by atoms with E-state index in [-0.39, 0.29) is 11.7 Å². The van der Waals surface area contributed by atoms with E-state index in [4.69, 9.17) is 4.74 Å². The van der Waals surface area contributed by atoms with Gasteiger partial charge in [-0.3, -0.25) is 0 Å². The van der Waals surface area contributed by atoms with Crippen molar-refractivity contribution in [2.45, 2.75) is 32.5 Å². The number of aromatic nitrogens is 1. The Morgan fingerprint density at radius 3 is 2.88 bits per heavy atom. The standard InChI is InChI=1S/C13H21N3O/c1-10-8-16(9-13(2,3)17-10)12-7-5-6-11(14-4)15-12/h5-7,10H,8-9H2,1-4H3,(H,14,15). The first-order valence-electron chi connectivity index (χ1n) is 6.08. The molecule has 2 rings (SSSR count). The van der Waals surface area contributed by atoms with Crippen LogP contribution in [-0.2, 0) is 4.74 Å². The molecule has 0 saturated carbocycles. The molecule has 4 heteroatoms. The van der Waals surface area contributed by atoms with Gasteiger partial charge in [-0.25, -0.2) is 4.98 Å². The van der Waals surface area contributed by atoms with E-state index in [1.165, 1.54) is 0 Å². The van der Waals surface area contributed by atoms with E-state index >= 15 is 0 Å². The van der Waals surface area contributed by atoms with Gasteiger partial charge in [0.15, 0.2) is 0 Å². The smallest absolute Gasteiger partial charge is 0.131 e. The molecule has 17 heavy (non-hydrogen) atoms. The third-order valence-corrected chi connectivity index (χ3v) is 2.88. The zero-order chi connectivity index (χ0) is 12.5. The first-order chi connectivity index (χ1) is 8.00. The van der Waals surface area contributed by atoms with E-state index in [1.54, 1.807) is 0 Å². The molecule has 0 radical (unpaired) electrons. The number of hydrogen-bond donors (Lipinski definition) is 1. The SMILES string of the molecule is CNc1cccc(N2CC(C)OC(C)(C)C2)n1. The maximum absolute atomic E-state index is 5.90. The minimum Gasteiger partial charge on any atom is -0.373 e. The number of pyridine rings is 1. The molecule has 4 nitrogen and oxygen atoms in total. The van der Waals surface area contributed by atoms with Gasteiger partial charge >= 0.3 is 0 Å². The van der Waals surface area contributed by atoms with Crippen molar-refractivity contribution in [1.82, 2.24) is 4.98 Å². The molecule has 0 bridgehead atoms. The molecule has 1 unspecified atom stereocenters. The average Bonchev–Trinajstić information content (AvgIpc) is 2.26. The van der Waals surface area contributed by atoms with E-state index in [9.17, 15) is 0 Å². The Hall–Kier alpha value is -1.29. The van der Waals surface area contributed by atoms with Gasteiger partial charge in [-0.1, -0.05) is 6.07 Å². The molecule has 1 aromatic heterocycles. The topological polar surface area (TPSA) is 37.4 Å². The van der Waals surface area contributed by atoms with Crippen LogP contribution in [0.4, 0.5) is 11.6 Å². The Bertz CT molecular complexity index is 392. The predicted octanol–water partition coefficient (Wildman–Crippen LogP) is 2.13. The number of rotatable bonds is 2. The summed E-state index contributed by atoms with van der Waals surface area (Å²) >= 11 is 0. The molecule has 0 spiro atoms. The lowest BCUT2D eigenvalue weighted by Gasteiger charge is -2.42. The highest BCUT2D eigenvalue weighted by molar-refractivity contribution is 5.47. The second-order valence-corrected chi connectivity index (χ2v) is 5.20. The second-order valence-electron chi connectivity index (χ2n) is 5.20. The van der Waals surface area contributed by atoms with Crippen LogP contribution in [-0.4, -0.2) is 36.8 Å². The van der Waals surface area contributed by atoms with Crippen molar-refractivity contribution in [2.24, 2.45) is 0 Å². The van der Waals surface area contributed by atoms with Crippen LogP contribution in [0.15, 0.2) is 18.2 Å². The monoisotopic (exact) mass is 235 g/mol. The van der Waals surface area contributed by atoms with Crippen molar-refractivity contribution in [3.05, 3.63) is 18.2 Å². The van der Waals surface area contributed by atoms with Gasteiger partial charge in [0.05, 0.1) is 11.7 Å². The average molecular weight is 235 g/mol. The molecule has 0 aromatic carbocycles. The summed E-state index contributed by atoms with van der Waals surface area (Å²) < 4.78 is 5.90. The van der Waals surface area contributed by atoms with Crippen LogP contribution in [0.5, 0.6) is 0 Å². The molecule has 1 saturated heterocycles. The van der Waals surface area contributed by atoms with E-state index in [0.717, 1.165) is 24.7 Å². The van der Waals surface area contributed by atoms with E-state index < -0.39 is 0 Å². The third-order valence-electron chi connectivity index (χ3n) is 2.88. The summed E-state index contributed by atoms with van der Waals surface area (Å²) in [6.45, 7) is 8.12. The Kier molecular flexibility index (Phi) is 3.24. The zero-order valence-corrected chi connectivity index (χ0v) is 11.0. The van der Waals surface area contributed by atoms with Crippen LogP contribution in [0.25, 0.3) is 0 Å². The first kappa shape index (κ1) is 12.2. The lowest BCUT2D eigenvalue weighted by molar-refractivity contribution is -0.0751. The molecule has 0 aliphatic carbocycles. The van der Waals surface area contributed by atoms with Gasteiger partial charge in [-0.2, -0.15) is 0 Å².